The van der Waals surface area contributed by atoms with Crippen LogP contribution in [-0.4, -0.2) is 52.7 Å². The molecule has 132 valence electrons. The van der Waals surface area contributed by atoms with Gasteiger partial charge in [-0.1, -0.05) is 12.2 Å². The summed E-state index contributed by atoms with van der Waals surface area (Å²) in [4.78, 5) is 17.2. The summed E-state index contributed by atoms with van der Waals surface area (Å²) in [5, 5.41) is 4.35. The van der Waals surface area contributed by atoms with E-state index in [2.05, 4.69) is 35.4 Å². The van der Waals surface area contributed by atoms with Gasteiger partial charge in [0, 0.05) is 44.4 Å². The zero-order chi connectivity index (χ0) is 17.1. The second-order valence-electron chi connectivity index (χ2n) is 7.48. The molecule has 1 fully saturated rings. The number of allylic oxidation sites excluding steroid dienone is 2. The predicted molar refractivity (Wildman–Crippen MR) is 95.4 cm³/mol. The molecule has 5 nitrogen and oxygen atoms in total. The molecule has 3 rings (SSSR count). The molecule has 1 aromatic rings. The maximum atomic E-state index is 12.8. The van der Waals surface area contributed by atoms with Crippen molar-refractivity contribution in [1.82, 2.24) is 19.6 Å². The smallest absolute Gasteiger partial charge is 0.225 e. The van der Waals surface area contributed by atoms with Gasteiger partial charge in [0.1, 0.15) is 0 Å². The van der Waals surface area contributed by atoms with Crippen molar-refractivity contribution < 1.29 is 4.79 Å². The molecule has 0 N–H and O–H groups in total. The van der Waals surface area contributed by atoms with Crippen LogP contribution in [0.1, 0.15) is 43.7 Å². The Kier molecular flexibility index (Phi) is 5.39. The summed E-state index contributed by atoms with van der Waals surface area (Å²) in [6.45, 7) is 1.95. The van der Waals surface area contributed by atoms with E-state index in [9.17, 15) is 4.79 Å². The number of aryl methyl sites for hydroxylation is 1. The third kappa shape index (κ3) is 3.72. The van der Waals surface area contributed by atoms with Gasteiger partial charge in [-0.2, -0.15) is 5.10 Å². The van der Waals surface area contributed by atoms with Crippen LogP contribution < -0.4 is 0 Å². The molecule has 1 saturated heterocycles. The lowest BCUT2D eigenvalue weighted by atomic mass is 9.85. The highest BCUT2D eigenvalue weighted by Gasteiger charge is 2.33. The second-order valence-corrected chi connectivity index (χ2v) is 7.48. The average Bonchev–Trinajstić information content (AvgIpc) is 3.01. The van der Waals surface area contributed by atoms with Crippen LogP contribution in [0.25, 0.3) is 0 Å². The first-order valence-electron chi connectivity index (χ1n) is 9.15. The standard InChI is InChI=1S/C19H30N4O/c1-21-11-7-10-16(18(21)17-12-20-23(3)14-17)13-22(2)19(24)15-8-5-4-6-9-15/h4-5,12,14-16,18H,6-11,13H2,1-3H3/t15-,16+,18-/m1/s1. The van der Waals surface area contributed by atoms with Crippen LogP contribution in [0.15, 0.2) is 24.5 Å². The minimum Gasteiger partial charge on any atom is -0.345 e. The number of piperidine rings is 1. The van der Waals surface area contributed by atoms with Gasteiger partial charge < -0.3 is 4.90 Å². The van der Waals surface area contributed by atoms with E-state index in [4.69, 9.17) is 0 Å². The Morgan fingerprint density at radius 2 is 2.17 bits per heavy atom. The van der Waals surface area contributed by atoms with Crippen molar-refractivity contribution in [2.24, 2.45) is 18.9 Å². The molecule has 0 unspecified atom stereocenters. The maximum Gasteiger partial charge on any atom is 0.225 e. The minimum absolute atomic E-state index is 0.179. The van der Waals surface area contributed by atoms with Crippen molar-refractivity contribution in [1.29, 1.82) is 0 Å². The van der Waals surface area contributed by atoms with Gasteiger partial charge >= 0.3 is 0 Å². The zero-order valence-electron chi connectivity index (χ0n) is 15.2. The highest BCUT2D eigenvalue weighted by Crippen LogP contribution is 2.35. The van der Waals surface area contributed by atoms with Crippen molar-refractivity contribution in [3.63, 3.8) is 0 Å². The molecule has 0 spiro atoms. The Hall–Kier alpha value is -1.62. The van der Waals surface area contributed by atoms with E-state index < -0.39 is 0 Å². The van der Waals surface area contributed by atoms with Gasteiger partial charge in [0.15, 0.2) is 0 Å². The number of amides is 1. The number of hydrogen-bond acceptors (Lipinski definition) is 3. The van der Waals surface area contributed by atoms with Crippen LogP contribution in [0.2, 0.25) is 0 Å². The molecule has 1 aliphatic carbocycles. The van der Waals surface area contributed by atoms with E-state index in [1.807, 2.05) is 29.9 Å². The fourth-order valence-electron chi connectivity index (χ4n) is 4.34. The fourth-order valence-corrected chi connectivity index (χ4v) is 4.34. The number of carbonyl (C=O) groups excluding carboxylic acids is 1. The molecule has 2 aliphatic rings. The molecule has 3 atom stereocenters. The van der Waals surface area contributed by atoms with E-state index in [1.54, 1.807) is 0 Å². The molecule has 5 heteroatoms. The third-order valence-corrected chi connectivity index (χ3v) is 5.58. The van der Waals surface area contributed by atoms with Gasteiger partial charge in [-0.25, -0.2) is 0 Å². The second kappa shape index (κ2) is 7.51. The lowest BCUT2D eigenvalue weighted by molar-refractivity contribution is -0.135. The zero-order valence-corrected chi connectivity index (χ0v) is 15.2. The molecule has 0 aromatic carbocycles. The van der Waals surface area contributed by atoms with Gasteiger partial charge in [-0.05, 0) is 51.6 Å². The largest absolute Gasteiger partial charge is 0.345 e. The van der Waals surface area contributed by atoms with Crippen LogP contribution in [0, 0.1) is 11.8 Å². The first kappa shape index (κ1) is 17.2. The summed E-state index contributed by atoms with van der Waals surface area (Å²) < 4.78 is 1.87. The minimum atomic E-state index is 0.179. The van der Waals surface area contributed by atoms with Crippen LogP contribution in [0.5, 0.6) is 0 Å². The predicted octanol–water partition coefficient (Wildman–Crippen LogP) is 2.62. The van der Waals surface area contributed by atoms with Gasteiger partial charge in [-0.3, -0.25) is 14.4 Å². The van der Waals surface area contributed by atoms with E-state index in [-0.39, 0.29) is 5.92 Å². The Balaban J connectivity index is 1.69. The number of nitrogens with zero attached hydrogens (tertiary/aromatic N) is 4. The SMILES string of the molecule is CN(C[C@@H]1CCCN(C)[C@H]1c1cnn(C)c1)C(=O)[C@@H]1CC=CCC1. The summed E-state index contributed by atoms with van der Waals surface area (Å²) in [7, 11) is 6.14. The molecule has 1 aliphatic heterocycles. The first-order valence-corrected chi connectivity index (χ1v) is 9.15. The van der Waals surface area contributed by atoms with E-state index >= 15 is 0 Å². The Morgan fingerprint density at radius 3 is 2.83 bits per heavy atom. The molecular formula is C19H30N4O. The van der Waals surface area contributed by atoms with Crippen LogP contribution >= 0.6 is 0 Å². The van der Waals surface area contributed by atoms with Gasteiger partial charge in [-0.15, -0.1) is 0 Å². The quantitative estimate of drug-likeness (QED) is 0.797. The molecule has 0 radical (unpaired) electrons. The molecular weight excluding hydrogens is 300 g/mol. The molecule has 0 bridgehead atoms. The van der Waals surface area contributed by atoms with Crippen LogP contribution in [0.3, 0.4) is 0 Å². The van der Waals surface area contributed by atoms with E-state index in [0.29, 0.717) is 17.9 Å². The first-order chi connectivity index (χ1) is 11.6. The lowest BCUT2D eigenvalue weighted by Gasteiger charge is -2.40. The summed E-state index contributed by atoms with van der Waals surface area (Å²) in [6, 6.07) is 0.356. The summed E-state index contributed by atoms with van der Waals surface area (Å²) in [6.07, 6.45) is 13.8. The molecule has 1 amide bonds. The number of likely N-dealkylation sites (tertiary alicyclic amines) is 1. The maximum absolute atomic E-state index is 12.8. The highest BCUT2D eigenvalue weighted by atomic mass is 16.2. The summed E-state index contributed by atoms with van der Waals surface area (Å²) in [5.41, 5.74) is 1.27. The molecule has 2 heterocycles. The lowest BCUT2D eigenvalue weighted by Crippen LogP contribution is -2.43. The van der Waals surface area contributed by atoms with Crippen molar-refractivity contribution in [3.05, 3.63) is 30.1 Å². The summed E-state index contributed by atoms with van der Waals surface area (Å²) in [5.74, 6) is 0.969. The third-order valence-electron chi connectivity index (χ3n) is 5.58. The Morgan fingerprint density at radius 1 is 1.33 bits per heavy atom. The number of hydrogen-bond donors (Lipinski definition) is 0. The van der Waals surface area contributed by atoms with Crippen molar-refractivity contribution in [2.45, 2.75) is 38.1 Å². The van der Waals surface area contributed by atoms with Crippen LogP contribution in [0.4, 0.5) is 0 Å². The number of carbonyl (C=O) groups is 1. The van der Waals surface area contributed by atoms with E-state index in [0.717, 1.165) is 32.4 Å². The highest BCUT2D eigenvalue weighted by molar-refractivity contribution is 5.78. The van der Waals surface area contributed by atoms with Gasteiger partial charge in [0.05, 0.1) is 6.20 Å². The van der Waals surface area contributed by atoms with Crippen LogP contribution in [-0.2, 0) is 11.8 Å². The summed E-state index contributed by atoms with van der Waals surface area (Å²) >= 11 is 0. The van der Waals surface area contributed by atoms with Crippen molar-refractivity contribution in [2.75, 3.05) is 27.2 Å². The Labute approximate surface area is 145 Å². The normalized spacial score (nSPS) is 28.0. The molecule has 1 aromatic heterocycles. The number of aromatic nitrogens is 2. The van der Waals surface area contributed by atoms with Crippen molar-refractivity contribution in [3.8, 4) is 0 Å². The van der Waals surface area contributed by atoms with Gasteiger partial charge in [0.25, 0.3) is 0 Å². The average molecular weight is 330 g/mol. The van der Waals surface area contributed by atoms with E-state index in [1.165, 1.54) is 18.4 Å². The van der Waals surface area contributed by atoms with Gasteiger partial charge in [0.2, 0.25) is 5.91 Å². The fraction of sp³-hybridized carbons (Fsp3) is 0.684. The Bertz CT molecular complexity index is 594. The number of rotatable bonds is 4. The van der Waals surface area contributed by atoms with Crippen molar-refractivity contribution >= 4 is 5.91 Å². The monoisotopic (exact) mass is 330 g/mol. The molecule has 0 saturated carbocycles. The molecule has 24 heavy (non-hydrogen) atoms. The topological polar surface area (TPSA) is 41.4 Å².